The first-order valence-corrected chi connectivity index (χ1v) is 50.9. The van der Waals surface area contributed by atoms with E-state index in [1.165, 1.54) is 143 Å². The molecule has 1 saturated heterocycles. The smallest absolute Gasteiger partial charge is 0.399 e. The molecular formula is C127H95BBr3ClN6O8. The highest BCUT2D eigenvalue weighted by molar-refractivity contribution is 9.11. The molecule has 0 radical (unpaired) electrons. The highest BCUT2D eigenvalue weighted by Gasteiger charge is 2.53. The van der Waals surface area contributed by atoms with E-state index in [9.17, 15) is 30.3 Å². The molecule has 19 heteroatoms. The fourth-order valence-electron chi connectivity index (χ4n) is 20.0. The molecule has 0 amide bonds. The standard InChI is InChI=1S/C24H16N2O2.C24H16N2.C19H21BO2.C19H13NO2.C16H11Cl.C13H9Br.C6H4BrNO2.C6H5Br/c27-26(28)22-15-7-4-11-18(22)19-13-8-16-23-24(19)20-12-5-6-14-21(20)25(23)17-9-2-1-3-10-17;1-2-8-16(9-3-1)26-21-13-7-5-11-18(21)24-22(26)15-14-20-23(24)17-10-4-6-12-19(17)25-20;1-18(2)19(3,4)22-20(21-18)16-11-7-9-14-12-13-8-5-6-10-15(13)17(14)16;21-20(22)18-11-4-3-9-16(18)17-10-5-7-14-12-13-6-1-2-8-15(13)19(14)17;17-16-9-7-13(8-10-16)15-6-5-12-3-1-2-4-14(12)11-15;14-12-7-3-5-10-8-9-4-1-2-6-11(9)13(10)12;7-5-3-1-2-4-6(5)8(9)10;7-6-4-2-1-3-5-6/h1-16H;1-15,25H;5-11H,12H2,1-4H3;1-11H,12H2;1-11H;1-7H,8H2;1-4H;1-5H. The lowest BCUT2D eigenvalue weighted by molar-refractivity contribution is -0.385. The molecule has 0 atom stereocenters. The topological polar surface area (TPSA) is 174 Å². The highest BCUT2D eigenvalue weighted by Crippen LogP contribution is 2.49. The van der Waals surface area contributed by atoms with Gasteiger partial charge in [0.15, 0.2) is 0 Å². The van der Waals surface area contributed by atoms with Crippen molar-refractivity contribution >= 4 is 165 Å². The molecule has 0 spiro atoms. The van der Waals surface area contributed by atoms with E-state index < -0.39 is 4.92 Å². The normalized spacial score (nSPS) is 12.6. The van der Waals surface area contributed by atoms with Crippen LogP contribution in [-0.2, 0) is 28.6 Å². The molecule has 1 N–H and O–H groups in total. The van der Waals surface area contributed by atoms with E-state index in [0.29, 0.717) is 15.6 Å². The molecule has 3 aromatic heterocycles. The Balaban J connectivity index is 0.000000104. The van der Waals surface area contributed by atoms with Crippen LogP contribution >= 0.6 is 59.4 Å². The van der Waals surface area contributed by atoms with Gasteiger partial charge in [0, 0.05) is 86.9 Å². The third kappa shape index (κ3) is 20.0. The maximum atomic E-state index is 11.6. The van der Waals surface area contributed by atoms with Crippen LogP contribution in [0.15, 0.2) is 474 Å². The summed E-state index contributed by atoms with van der Waals surface area (Å²) in [7, 11) is -0.300. The van der Waals surface area contributed by atoms with Crippen LogP contribution in [0.2, 0.25) is 5.02 Å². The number of halogens is 4. The van der Waals surface area contributed by atoms with Gasteiger partial charge in [-0.15, -0.1) is 0 Å². The number of rotatable bonds is 9. The molecule has 4 heterocycles. The molecule has 3 aliphatic carbocycles. The van der Waals surface area contributed by atoms with Crippen molar-refractivity contribution in [2.45, 2.75) is 58.2 Å². The Morgan fingerprint density at radius 1 is 0.301 bits per heavy atom. The van der Waals surface area contributed by atoms with Crippen molar-refractivity contribution in [2.75, 3.05) is 0 Å². The molecule has 0 unspecified atom stereocenters. The van der Waals surface area contributed by atoms with Crippen molar-refractivity contribution in [1.29, 1.82) is 0 Å². The Hall–Kier alpha value is -16.0. The lowest BCUT2D eigenvalue weighted by Crippen LogP contribution is -2.41. The summed E-state index contributed by atoms with van der Waals surface area (Å²) in [5.74, 6) is 0. The second-order valence-corrected chi connectivity index (χ2v) is 39.9. The highest BCUT2D eigenvalue weighted by atomic mass is 79.9. The van der Waals surface area contributed by atoms with Crippen molar-refractivity contribution in [3.63, 3.8) is 0 Å². The van der Waals surface area contributed by atoms with E-state index in [4.69, 9.17) is 20.9 Å². The quantitative estimate of drug-likeness (QED) is 0.0844. The predicted octanol–water partition coefficient (Wildman–Crippen LogP) is 35.2. The van der Waals surface area contributed by atoms with Gasteiger partial charge in [-0.2, -0.15) is 0 Å². The number of fused-ring (bicyclic) bond motifs is 20. The number of nitro benzene ring substituents is 3. The number of benzene rings is 20. The molecule has 20 aromatic carbocycles. The lowest BCUT2D eigenvalue weighted by Gasteiger charge is -2.32. The van der Waals surface area contributed by atoms with Gasteiger partial charge in [0.2, 0.25) is 0 Å². The van der Waals surface area contributed by atoms with Gasteiger partial charge in [-0.05, 0) is 283 Å². The molecule has 14 nitrogen and oxygen atoms in total. The SMILES string of the molecule is Brc1cccc2c1-c1ccccc1C2.Brc1ccccc1.CC1(C)OB(c2cccc3c2-c2ccccc2C3)OC1(C)C.Clc1ccc(-c2ccc3ccccc3c2)cc1.O=[N+]([O-])c1ccccc1-c1cccc2c1-c1ccccc1C2.O=[N+]([O-])c1ccccc1-c1cccc2c1c1ccccc1n2-c1ccccc1.O=[N+]([O-])c1ccccc1Br.c1ccc(-n2c3ccccc3c3c4c(ccc32)[nH]c2ccccc24)cc1. The summed E-state index contributed by atoms with van der Waals surface area (Å²) in [5.41, 5.74) is 31.5. The summed E-state index contributed by atoms with van der Waals surface area (Å²) < 4.78 is 20.0. The minimum Gasteiger partial charge on any atom is -0.399 e. The van der Waals surface area contributed by atoms with E-state index in [2.05, 4.69) is 357 Å². The van der Waals surface area contributed by atoms with Gasteiger partial charge in [-0.1, -0.05) is 371 Å². The third-order valence-electron chi connectivity index (χ3n) is 27.5. The first-order chi connectivity index (χ1) is 71.1. The second-order valence-electron chi connectivity index (χ2n) is 36.8. The summed E-state index contributed by atoms with van der Waals surface area (Å²) in [6, 6.07) is 154. The molecule has 27 rings (SSSR count). The Kier molecular flexibility index (Phi) is 28.6. The van der Waals surface area contributed by atoms with Crippen molar-refractivity contribution in [1.82, 2.24) is 14.1 Å². The van der Waals surface area contributed by atoms with Crippen LogP contribution in [0.5, 0.6) is 0 Å². The zero-order chi connectivity index (χ0) is 101. The number of hydrogen-bond donors (Lipinski definition) is 1. The molecule has 23 aromatic rings. The number of nitro groups is 3. The van der Waals surface area contributed by atoms with E-state index in [1.807, 2.05) is 146 Å². The molecule has 0 saturated carbocycles. The van der Waals surface area contributed by atoms with Gasteiger partial charge in [-0.3, -0.25) is 30.3 Å². The maximum absolute atomic E-state index is 11.6. The van der Waals surface area contributed by atoms with E-state index in [1.54, 1.807) is 42.5 Å². The first-order valence-electron chi connectivity index (χ1n) is 48.1. The van der Waals surface area contributed by atoms with Gasteiger partial charge in [0.1, 0.15) is 0 Å². The van der Waals surface area contributed by atoms with Crippen molar-refractivity contribution in [2.24, 2.45) is 0 Å². The molecule has 1 aliphatic heterocycles. The van der Waals surface area contributed by atoms with Gasteiger partial charge >= 0.3 is 7.12 Å². The largest absolute Gasteiger partial charge is 0.495 e. The molecule has 0 bridgehead atoms. The number of aromatic nitrogens is 3. The lowest BCUT2D eigenvalue weighted by atomic mass is 9.74. The Morgan fingerprint density at radius 3 is 1.25 bits per heavy atom. The van der Waals surface area contributed by atoms with E-state index >= 15 is 0 Å². The van der Waals surface area contributed by atoms with Gasteiger partial charge < -0.3 is 23.4 Å². The summed E-state index contributed by atoms with van der Waals surface area (Å²) in [4.78, 5) is 35.7. The molecule has 4 aliphatic rings. The zero-order valence-electron chi connectivity index (χ0n) is 80.1. The van der Waals surface area contributed by atoms with Crippen molar-refractivity contribution in [3.05, 3.63) is 543 Å². The van der Waals surface area contributed by atoms with Crippen LogP contribution in [0.1, 0.15) is 61.1 Å². The number of nitrogens with zero attached hydrogens (tertiary/aromatic N) is 5. The maximum Gasteiger partial charge on any atom is 0.495 e. The molecular weight excluding hydrogens is 2020 g/mol. The van der Waals surface area contributed by atoms with Gasteiger partial charge in [0.25, 0.3) is 17.1 Å². The average molecular weight is 2120 g/mol. The first kappa shape index (κ1) is 97.4. The molecule has 146 heavy (non-hydrogen) atoms. The van der Waals surface area contributed by atoms with Crippen LogP contribution in [0.25, 0.3) is 154 Å². The molecule has 1 fully saturated rings. The Labute approximate surface area is 875 Å². The number of hydrogen-bond acceptors (Lipinski definition) is 8. The summed E-state index contributed by atoms with van der Waals surface area (Å²) >= 11 is 15.9. The van der Waals surface area contributed by atoms with E-state index in [-0.39, 0.29) is 45.2 Å². The van der Waals surface area contributed by atoms with Crippen LogP contribution < -0.4 is 5.46 Å². The second kappa shape index (κ2) is 42.9. The number of aromatic amines is 1. The zero-order valence-corrected chi connectivity index (χ0v) is 85.6. The summed E-state index contributed by atoms with van der Waals surface area (Å²) in [6.45, 7) is 8.41. The van der Waals surface area contributed by atoms with Gasteiger partial charge in [-0.25, -0.2) is 0 Å². The summed E-state index contributed by atoms with van der Waals surface area (Å²) in [6.07, 6.45) is 2.96. The number of nitrogens with one attached hydrogen (secondary N) is 1. The van der Waals surface area contributed by atoms with Crippen molar-refractivity contribution in [3.8, 4) is 78.1 Å². The predicted molar refractivity (Wildman–Crippen MR) is 612 cm³/mol. The average Bonchev–Trinajstić information content (AvgIpc) is 1.56. The summed E-state index contributed by atoms with van der Waals surface area (Å²) in [5, 5.41) is 43.8. The minimum atomic E-state index is -0.427. The fraction of sp³-hybridized carbons (Fsp3) is 0.0709. The van der Waals surface area contributed by atoms with Crippen LogP contribution in [0.3, 0.4) is 0 Å². The number of H-pyrrole nitrogens is 1. The molecule has 712 valence electrons. The third-order valence-corrected chi connectivity index (χ3v) is 29.6. The van der Waals surface area contributed by atoms with Crippen LogP contribution in [0.4, 0.5) is 17.1 Å². The number of para-hydroxylation sites is 8. The van der Waals surface area contributed by atoms with Crippen molar-refractivity contribution < 1.29 is 24.1 Å². The monoisotopic (exact) mass is 2110 g/mol. The Morgan fingerprint density at radius 2 is 0.692 bits per heavy atom. The van der Waals surface area contributed by atoms with Crippen LogP contribution in [-0.4, -0.2) is 47.2 Å². The Bertz CT molecular complexity index is 8850. The van der Waals surface area contributed by atoms with Gasteiger partial charge in [0.05, 0.1) is 63.6 Å². The minimum absolute atomic E-state index is 0.0995. The fourth-order valence-corrected chi connectivity index (χ4v) is 21.5. The van der Waals surface area contributed by atoms with E-state index in [0.717, 1.165) is 78.4 Å². The van der Waals surface area contributed by atoms with Crippen LogP contribution in [0, 0.1) is 30.3 Å².